The van der Waals surface area contributed by atoms with Gasteiger partial charge in [-0.05, 0) is 30.2 Å². The minimum absolute atomic E-state index is 0.293. The van der Waals surface area contributed by atoms with Crippen molar-refractivity contribution in [2.45, 2.75) is 13.0 Å². The highest BCUT2D eigenvalue weighted by Gasteiger charge is 2.36. The van der Waals surface area contributed by atoms with E-state index >= 15 is 0 Å². The Labute approximate surface area is 165 Å². The quantitative estimate of drug-likeness (QED) is 0.640. The van der Waals surface area contributed by atoms with E-state index in [1.165, 1.54) is 6.33 Å². The van der Waals surface area contributed by atoms with Crippen molar-refractivity contribution in [1.29, 1.82) is 0 Å². The molecular weight excluding hydrogens is 408 g/mol. The van der Waals surface area contributed by atoms with Gasteiger partial charge in [0.1, 0.15) is 12.4 Å². The maximum absolute atomic E-state index is 13.0. The molecule has 2 aromatic carbocycles. The average molecular weight is 425 g/mol. The first-order valence-corrected chi connectivity index (χ1v) is 9.37. The number of anilines is 1. The number of fused-ring (bicyclic) bond motifs is 1. The normalized spacial score (nSPS) is 15.9. The Balaban J connectivity index is 1.95. The van der Waals surface area contributed by atoms with Gasteiger partial charge in [0.25, 0.3) is 0 Å². The molecule has 27 heavy (non-hydrogen) atoms. The van der Waals surface area contributed by atoms with Crippen LogP contribution in [0.25, 0.3) is 5.70 Å². The number of carbonyl (C=O) groups is 1. The molecule has 0 fully saturated rings. The number of esters is 1. The summed E-state index contributed by atoms with van der Waals surface area (Å²) in [5, 5.41) is 7.60. The summed E-state index contributed by atoms with van der Waals surface area (Å²) in [6.07, 6.45) is 1.48. The summed E-state index contributed by atoms with van der Waals surface area (Å²) in [7, 11) is 0. The second-order valence-corrected chi connectivity index (χ2v) is 6.90. The van der Waals surface area contributed by atoms with Gasteiger partial charge < -0.3 is 10.1 Å². The summed E-state index contributed by atoms with van der Waals surface area (Å²) in [5.41, 5.74) is 2.99. The zero-order chi connectivity index (χ0) is 18.8. The predicted molar refractivity (Wildman–Crippen MR) is 106 cm³/mol. The Morgan fingerprint density at radius 2 is 1.93 bits per heavy atom. The molecule has 3 aromatic rings. The van der Waals surface area contributed by atoms with Gasteiger partial charge in [0.2, 0.25) is 5.95 Å². The molecule has 0 saturated carbocycles. The van der Waals surface area contributed by atoms with E-state index in [9.17, 15) is 4.79 Å². The molecule has 1 aliphatic rings. The monoisotopic (exact) mass is 424 g/mol. The van der Waals surface area contributed by atoms with Gasteiger partial charge in [0.15, 0.2) is 0 Å². The first-order valence-electron chi connectivity index (χ1n) is 8.57. The van der Waals surface area contributed by atoms with Gasteiger partial charge in [-0.3, -0.25) is 0 Å². The molecule has 1 aliphatic heterocycles. The van der Waals surface area contributed by atoms with Crippen molar-refractivity contribution < 1.29 is 9.53 Å². The predicted octanol–water partition coefficient (Wildman–Crippen LogP) is 4.03. The molecule has 6 nitrogen and oxygen atoms in total. The zero-order valence-corrected chi connectivity index (χ0v) is 16.2. The van der Waals surface area contributed by atoms with E-state index in [0.717, 1.165) is 15.6 Å². The van der Waals surface area contributed by atoms with Crippen molar-refractivity contribution in [2.24, 2.45) is 0 Å². The third kappa shape index (κ3) is 3.26. The highest BCUT2D eigenvalue weighted by molar-refractivity contribution is 9.10. The number of hydrogen-bond donors (Lipinski definition) is 1. The Kier molecular flexibility index (Phi) is 4.77. The number of hydrogen-bond acceptors (Lipinski definition) is 5. The van der Waals surface area contributed by atoms with E-state index in [2.05, 4.69) is 31.3 Å². The Morgan fingerprint density at radius 3 is 2.63 bits per heavy atom. The lowest BCUT2D eigenvalue weighted by molar-refractivity contribution is -0.138. The fraction of sp³-hybridized carbons (Fsp3) is 0.150. The second kappa shape index (κ2) is 7.36. The van der Waals surface area contributed by atoms with Crippen LogP contribution in [0.1, 0.15) is 24.1 Å². The van der Waals surface area contributed by atoms with Crippen LogP contribution in [0.4, 0.5) is 5.95 Å². The van der Waals surface area contributed by atoms with Crippen molar-refractivity contribution in [3.05, 3.63) is 82.1 Å². The topological polar surface area (TPSA) is 69.0 Å². The number of ether oxygens (including phenoxy) is 1. The van der Waals surface area contributed by atoms with E-state index < -0.39 is 6.04 Å². The number of carbonyl (C=O) groups excluding carboxylic acids is 1. The van der Waals surface area contributed by atoms with Gasteiger partial charge >= 0.3 is 5.97 Å². The molecule has 2 heterocycles. The highest BCUT2D eigenvalue weighted by atomic mass is 79.9. The first-order chi connectivity index (χ1) is 13.2. The smallest absolute Gasteiger partial charge is 0.338 e. The van der Waals surface area contributed by atoms with Crippen molar-refractivity contribution in [3.63, 3.8) is 0 Å². The molecule has 0 amide bonds. The fourth-order valence-corrected chi connectivity index (χ4v) is 3.44. The second-order valence-electron chi connectivity index (χ2n) is 5.98. The molecule has 4 rings (SSSR count). The van der Waals surface area contributed by atoms with Crippen LogP contribution in [0.2, 0.25) is 0 Å². The molecule has 0 radical (unpaired) electrons. The summed E-state index contributed by atoms with van der Waals surface area (Å²) >= 11 is 3.46. The summed E-state index contributed by atoms with van der Waals surface area (Å²) < 4.78 is 8.06. The maximum atomic E-state index is 13.0. The zero-order valence-electron chi connectivity index (χ0n) is 14.6. The van der Waals surface area contributed by atoms with Crippen LogP contribution in [0, 0.1) is 0 Å². The number of rotatable bonds is 4. The average Bonchev–Trinajstić information content (AvgIpc) is 3.16. The molecule has 0 aliphatic carbocycles. The molecule has 0 bridgehead atoms. The van der Waals surface area contributed by atoms with Gasteiger partial charge in [0.05, 0.1) is 17.9 Å². The largest absolute Gasteiger partial charge is 0.463 e. The third-order valence-corrected chi connectivity index (χ3v) is 4.87. The number of halogens is 1. The van der Waals surface area contributed by atoms with Crippen molar-refractivity contribution >= 4 is 33.5 Å². The Hall–Kier alpha value is -2.93. The standard InChI is InChI=1S/C20H17BrN4O2/c1-2-27-19(26)16-17(13-6-4-3-5-7-13)24-20-22-12-23-25(20)18(16)14-8-10-15(21)11-9-14/h3-12,18H,2H2,1H3,(H,22,23,24)/t18-/m0/s1. The van der Waals surface area contributed by atoms with Crippen LogP contribution >= 0.6 is 15.9 Å². The van der Waals surface area contributed by atoms with Gasteiger partial charge in [0, 0.05) is 4.47 Å². The lowest BCUT2D eigenvalue weighted by Gasteiger charge is -2.29. The van der Waals surface area contributed by atoms with E-state index in [1.54, 1.807) is 11.6 Å². The Morgan fingerprint density at radius 1 is 1.19 bits per heavy atom. The summed E-state index contributed by atoms with van der Waals surface area (Å²) in [6.45, 7) is 2.09. The van der Waals surface area contributed by atoms with E-state index in [4.69, 9.17) is 4.74 Å². The van der Waals surface area contributed by atoms with E-state index in [0.29, 0.717) is 23.8 Å². The molecule has 1 N–H and O–H groups in total. The SMILES string of the molecule is CCOC(=O)C1=C(c2ccccc2)Nc2ncnn2[C@H]1c1ccc(Br)cc1. The lowest BCUT2D eigenvalue weighted by atomic mass is 9.93. The lowest BCUT2D eigenvalue weighted by Crippen LogP contribution is -2.30. The molecule has 0 unspecified atom stereocenters. The van der Waals surface area contributed by atoms with Gasteiger partial charge in [-0.2, -0.15) is 10.1 Å². The maximum Gasteiger partial charge on any atom is 0.338 e. The highest BCUT2D eigenvalue weighted by Crippen LogP contribution is 2.38. The van der Waals surface area contributed by atoms with Gasteiger partial charge in [-0.15, -0.1) is 0 Å². The molecule has 1 atom stereocenters. The molecule has 7 heteroatoms. The first kappa shape index (κ1) is 17.5. The van der Waals surface area contributed by atoms with Crippen LogP contribution in [-0.4, -0.2) is 27.3 Å². The summed E-state index contributed by atoms with van der Waals surface area (Å²) in [5.74, 6) is 0.202. The molecule has 0 spiro atoms. The van der Waals surface area contributed by atoms with Crippen LogP contribution in [0.3, 0.4) is 0 Å². The number of nitrogens with zero attached hydrogens (tertiary/aromatic N) is 3. The van der Waals surface area contributed by atoms with Crippen molar-refractivity contribution in [3.8, 4) is 0 Å². The van der Waals surface area contributed by atoms with E-state index in [1.807, 2.05) is 54.6 Å². The fourth-order valence-electron chi connectivity index (χ4n) is 3.17. The number of nitrogens with one attached hydrogen (secondary N) is 1. The van der Waals surface area contributed by atoms with Crippen LogP contribution in [0.15, 0.2) is 71.0 Å². The number of benzene rings is 2. The summed E-state index contributed by atoms with van der Waals surface area (Å²) in [4.78, 5) is 17.3. The van der Waals surface area contributed by atoms with E-state index in [-0.39, 0.29) is 5.97 Å². The molecular formula is C20H17BrN4O2. The minimum Gasteiger partial charge on any atom is -0.463 e. The van der Waals surface area contributed by atoms with Crippen LogP contribution < -0.4 is 5.32 Å². The molecule has 1 aromatic heterocycles. The third-order valence-electron chi connectivity index (χ3n) is 4.34. The Bertz CT molecular complexity index is 996. The van der Waals surface area contributed by atoms with Gasteiger partial charge in [-0.25, -0.2) is 9.48 Å². The summed E-state index contributed by atoms with van der Waals surface area (Å²) in [6, 6.07) is 17.1. The minimum atomic E-state index is -0.439. The van der Waals surface area contributed by atoms with Crippen molar-refractivity contribution in [1.82, 2.24) is 14.8 Å². The van der Waals surface area contributed by atoms with Crippen LogP contribution in [-0.2, 0) is 9.53 Å². The van der Waals surface area contributed by atoms with Gasteiger partial charge in [-0.1, -0.05) is 58.4 Å². The molecule has 136 valence electrons. The molecule has 0 saturated heterocycles. The van der Waals surface area contributed by atoms with Crippen LogP contribution in [0.5, 0.6) is 0 Å². The van der Waals surface area contributed by atoms with Crippen molar-refractivity contribution in [2.75, 3.05) is 11.9 Å². The number of aromatic nitrogens is 3.